The number of aromatic nitrogens is 2. The molecule has 1 aromatic carbocycles. The average molecular weight is 396 g/mol. The van der Waals surface area contributed by atoms with Gasteiger partial charge < -0.3 is 15.0 Å². The van der Waals surface area contributed by atoms with E-state index < -0.39 is 6.09 Å². The number of aryl methyl sites for hydroxylation is 2. The van der Waals surface area contributed by atoms with Crippen molar-refractivity contribution in [1.29, 1.82) is 0 Å². The Morgan fingerprint density at radius 2 is 1.97 bits per heavy atom. The third-order valence-corrected chi connectivity index (χ3v) is 5.35. The van der Waals surface area contributed by atoms with E-state index in [1.54, 1.807) is 11.8 Å². The summed E-state index contributed by atoms with van der Waals surface area (Å²) in [6.07, 6.45) is 3.39. The topological polar surface area (TPSA) is 93.5 Å². The Kier molecular flexibility index (Phi) is 5.33. The Balaban J connectivity index is 1.44. The standard InChI is InChI=1S/C21H24N4O4/c1-2-29-21(28)24-9-8-18-16(12-24)11-20(27)25(23-18)13-19(26)22-17-7-6-14-4-3-5-15(14)10-17/h6-7,10-11H,2-5,8-9,12-13H2,1H3,(H,22,26). The molecule has 0 radical (unpaired) electrons. The number of ether oxygens (including phenoxy) is 1. The molecule has 1 N–H and O–H groups in total. The summed E-state index contributed by atoms with van der Waals surface area (Å²) in [4.78, 5) is 38.3. The first-order valence-corrected chi connectivity index (χ1v) is 9.96. The summed E-state index contributed by atoms with van der Waals surface area (Å²) < 4.78 is 6.20. The van der Waals surface area contributed by atoms with E-state index in [0.717, 1.165) is 30.6 Å². The molecule has 2 aliphatic rings. The first-order chi connectivity index (χ1) is 14.0. The molecule has 0 unspecified atom stereocenters. The fourth-order valence-electron chi connectivity index (χ4n) is 3.91. The molecule has 4 rings (SSSR count). The van der Waals surface area contributed by atoms with Gasteiger partial charge in [-0.25, -0.2) is 9.48 Å². The third-order valence-electron chi connectivity index (χ3n) is 5.35. The van der Waals surface area contributed by atoms with Gasteiger partial charge in [0, 0.05) is 30.3 Å². The largest absolute Gasteiger partial charge is 0.450 e. The van der Waals surface area contributed by atoms with Crippen LogP contribution in [0, 0.1) is 0 Å². The second-order valence-electron chi connectivity index (χ2n) is 7.37. The summed E-state index contributed by atoms with van der Waals surface area (Å²) in [7, 11) is 0. The van der Waals surface area contributed by atoms with E-state index in [4.69, 9.17) is 4.74 Å². The number of anilines is 1. The van der Waals surface area contributed by atoms with Gasteiger partial charge in [0.25, 0.3) is 5.56 Å². The number of nitrogens with one attached hydrogen (secondary N) is 1. The van der Waals surface area contributed by atoms with Gasteiger partial charge in [-0.05, 0) is 49.4 Å². The van der Waals surface area contributed by atoms with Crippen LogP contribution in [-0.4, -0.2) is 39.8 Å². The number of nitrogens with zero attached hydrogens (tertiary/aromatic N) is 3. The summed E-state index contributed by atoms with van der Waals surface area (Å²) in [5.41, 5.74) is 4.43. The molecule has 2 amide bonds. The van der Waals surface area contributed by atoms with Crippen molar-refractivity contribution in [2.75, 3.05) is 18.5 Å². The molecule has 1 aliphatic heterocycles. The summed E-state index contributed by atoms with van der Waals surface area (Å²) in [6, 6.07) is 7.41. The zero-order valence-electron chi connectivity index (χ0n) is 16.4. The number of benzene rings is 1. The third kappa shape index (κ3) is 4.16. The maximum absolute atomic E-state index is 12.4. The van der Waals surface area contributed by atoms with E-state index in [2.05, 4.69) is 16.5 Å². The molecule has 2 aromatic rings. The molecule has 1 aliphatic carbocycles. The average Bonchev–Trinajstić information content (AvgIpc) is 3.16. The van der Waals surface area contributed by atoms with Gasteiger partial charge in [0.15, 0.2) is 0 Å². The minimum Gasteiger partial charge on any atom is -0.450 e. The SMILES string of the molecule is CCOC(=O)N1CCc2nn(CC(=O)Nc3ccc4c(c3)CCC4)c(=O)cc2C1. The lowest BCUT2D eigenvalue weighted by Crippen LogP contribution is -2.39. The smallest absolute Gasteiger partial charge is 0.410 e. The second-order valence-corrected chi connectivity index (χ2v) is 7.37. The predicted molar refractivity (Wildman–Crippen MR) is 107 cm³/mol. The highest BCUT2D eigenvalue weighted by Crippen LogP contribution is 2.24. The molecular weight excluding hydrogens is 372 g/mol. The van der Waals surface area contributed by atoms with Crippen molar-refractivity contribution in [3.05, 3.63) is 57.0 Å². The van der Waals surface area contributed by atoms with Crippen molar-refractivity contribution in [3.63, 3.8) is 0 Å². The molecule has 8 nitrogen and oxygen atoms in total. The molecule has 8 heteroatoms. The maximum Gasteiger partial charge on any atom is 0.410 e. The maximum atomic E-state index is 12.4. The van der Waals surface area contributed by atoms with Gasteiger partial charge in [-0.3, -0.25) is 9.59 Å². The Morgan fingerprint density at radius 3 is 2.79 bits per heavy atom. The predicted octanol–water partition coefficient (Wildman–Crippen LogP) is 1.89. The monoisotopic (exact) mass is 396 g/mol. The Morgan fingerprint density at radius 1 is 1.14 bits per heavy atom. The Labute approximate surface area is 168 Å². The number of hydrogen-bond acceptors (Lipinski definition) is 5. The molecule has 0 bridgehead atoms. The lowest BCUT2D eigenvalue weighted by Gasteiger charge is -2.27. The molecule has 0 atom stereocenters. The lowest BCUT2D eigenvalue weighted by atomic mass is 10.1. The highest BCUT2D eigenvalue weighted by atomic mass is 16.6. The number of fused-ring (bicyclic) bond motifs is 2. The van der Waals surface area contributed by atoms with Crippen molar-refractivity contribution in [2.45, 2.75) is 45.7 Å². The van der Waals surface area contributed by atoms with Crippen LogP contribution < -0.4 is 10.9 Å². The van der Waals surface area contributed by atoms with E-state index in [-0.39, 0.29) is 18.0 Å². The van der Waals surface area contributed by atoms with E-state index in [1.165, 1.54) is 21.9 Å². The van der Waals surface area contributed by atoms with Crippen molar-refractivity contribution in [1.82, 2.24) is 14.7 Å². The lowest BCUT2D eigenvalue weighted by molar-refractivity contribution is -0.117. The minimum atomic E-state index is -0.393. The Bertz CT molecular complexity index is 1010. The summed E-state index contributed by atoms with van der Waals surface area (Å²) in [5, 5.41) is 7.21. The van der Waals surface area contributed by atoms with Crippen LogP contribution in [0.5, 0.6) is 0 Å². The number of carbonyl (C=O) groups excluding carboxylic acids is 2. The molecule has 152 valence electrons. The van der Waals surface area contributed by atoms with E-state index in [9.17, 15) is 14.4 Å². The first-order valence-electron chi connectivity index (χ1n) is 9.96. The van der Waals surface area contributed by atoms with Gasteiger partial charge in [0.05, 0.1) is 18.8 Å². The van der Waals surface area contributed by atoms with Crippen molar-refractivity contribution >= 4 is 17.7 Å². The summed E-state index contributed by atoms with van der Waals surface area (Å²) in [6.45, 7) is 2.67. The van der Waals surface area contributed by atoms with Crippen LogP contribution >= 0.6 is 0 Å². The van der Waals surface area contributed by atoms with E-state index in [1.807, 2.05) is 12.1 Å². The van der Waals surface area contributed by atoms with Crippen LogP contribution in [0.15, 0.2) is 29.1 Å². The van der Waals surface area contributed by atoms with Gasteiger partial charge >= 0.3 is 6.09 Å². The quantitative estimate of drug-likeness (QED) is 0.852. The number of hydrogen-bond donors (Lipinski definition) is 1. The van der Waals surface area contributed by atoms with Gasteiger partial charge in [0.1, 0.15) is 6.54 Å². The van der Waals surface area contributed by atoms with Gasteiger partial charge in [-0.2, -0.15) is 5.10 Å². The van der Waals surface area contributed by atoms with Crippen LogP contribution in [0.3, 0.4) is 0 Å². The van der Waals surface area contributed by atoms with Crippen LogP contribution in [0.1, 0.15) is 35.7 Å². The van der Waals surface area contributed by atoms with Crippen molar-refractivity contribution < 1.29 is 14.3 Å². The van der Waals surface area contributed by atoms with Crippen LogP contribution in [0.4, 0.5) is 10.5 Å². The van der Waals surface area contributed by atoms with Gasteiger partial charge in [-0.1, -0.05) is 6.07 Å². The molecule has 0 spiro atoms. The van der Waals surface area contributed by atoms with Gasteiger partial charge in [0.2, 0.25) is 5.91 Å². The summed E-state index contributed by atoms with van der Waals surface area (Å²) in [5.74, 6) is -0.290. The molecule has 1 aromatic heterocycles. The highest BCUT2D eigenvalue weighted by molar-refractivity contribution is 5.90. The molecule has 29 heavy (non-hydrogen) atoms. The Hall–Kier alpha value is -3.16. The highest BCUT2D eigenvalue weighted by Gasteiger charge is 2.24. The zero-order chi connectivity index (χ0) is 20.4. The molecule has 0 saturated heterocycles. The van der Waals surface area contributed by atoms with Crippen LogP contribution in [0.2, 0.25) is 0 Å². The van der Waals surface area contributed by atoms with Gasteiger partial charge in [-0.15, -0.1) is 0 Å². The first kappa shape index (κ1) is 19.2. The normalized spacial score (nSPS) is 14.9. The number of amides is 2. The zero-order valence-corrected chi connectivity index (χ0v) is 16.4. The van der Waals surface area contributed by atoms with Crippen molar-refractivity contribution in [2.24, 2.45) is 0 Å². The number of rotatable bonds is 4. The second kappa shape index (κ2) is 8.06. The molecule has 0 saturated carbocycles. The van der Waals surface area contributed by atoms with Crippen molar-refractivity contribution in [3.8, 4) is 0 Å². The van der Waals surface area contributed by atoms with Crippen LogP contribution in [0.25, 0.3) is 0 Å². The van der Waals surface area contributed by atoms with Crippen LogP contribution in [-0.2, 0) is 41.9 Å². The van der Waals surface area contributed by atoms with E-state index in [0.29, 0.717) is 31.7 Å². The number of carbonyl (C=O) groups is 2. The fraction of sp³-hybridized carbons (Fsp3) is 0.429. The summed E-state index contributed by atoms with van der Waals surface area (Å²) >= 11 is 0. The minimum absolute atomic E-state index is 0.148. The van der Waals surface area contributed by atoms with E-state index >= 15 is 0 Å². The fourth-order valence-corrected chi connectivity index (χ4v) is 3.91. The molecular formula is C21H24N4O4. The molecule has 0 fully saturated rings. The molecule has 2 heterocycles.